The first-order valence-corrected chi connectivity index (χ1v) is 12.7. The van der Waals surface area contributed by atoms with Crippen molar-refractivity contribution in [2.45, 2.75) is 13.1 Å². The smallest absolute Gasteiger partial charge is 0.416 e. The number of benzene rings is 3. The van der Waals surface area contributed by atoms with Gasteiger partial charge in [0.15, 0.2) is 0 Å². The quantitative estimate of drug-likeness (QED) is 0.187. The fraction of sp³-hybridized carbons (Fsp3) is 0.0645. The van der Waals surface area contributed by atoms with Crippen LogP contribution < -0.4 is 16.0 Å². The number of nitrogens with one attached hydrogen (secondary N) is 3. The van der Waals surface area contributed by atoms with E-state index in [9.17, 15) is 22.8 Å². The molecule has 2 amide bonds. The standard InChI is InChI=1S/C31H22F3N5O3/c1-18-15-39(17-35-18)25-11-20(10-21(12-25)31(32,33)34)29(40)37-23-4-2-3-22(13-23)36-24-5-6-26-27(9-19-7-8-42-16-19)30(41)38-28(26)14-24/h2-17,36H,1H3,(H,37,40)(H,38,41)/b27-9-. The molecule has 0 bridgehead atoms. The number of nitrogens with zero attached hydrogens (tertiary/aromatic N) is 2. The van der Waals surface area contributed by atoms with E-state index >= 15 is 0 Å². The molecule has 42 heavy (non-hydrogen) atoms. The number of halogens is 3. The van der Waals surface area contributed by atoms with Crippen molar-refractivity contribution in [3.63, 3.8) is 0 Å². The van der Waals surface area contributed by atoms with Crippen LogP contribution in [0.15, 0.2) is 96.2 Å². The van der Waals surface area contributed by atoms with Crippen molar-refractivity contribution in [1.82, 2.24) is 9.55 Å². The number of furan rings is 1. The van der Waals surface area contributed by atoms with Crippen LogP contribution in [0.1, 0.15) is 32.7 Å². The molecule has 0 aliphatic carbocycles. The zero-order valence-electron chi connectivity index (χ0n) is 22.0. The molecule has 3 heterocycles. The molecule has 0 atom stereocenters. The number of anilines is 4. The Morgan fingerprint density at radius 2 is 1.83 bits per heavy atom. The highest BCUT2D eigenvalue weighted by Crippen LogP contribution is 2.36. The number of carbonyl (C=O) groups is 2. The fourth-order valence-corrected chi connectivity index (χ4v) is 4.60. The Balaban J connectivity index is 1.21. The van der Waals surface area contributed by atoms with Gasteiger partial charge in [-0.05, 0) is 67.6 Å². The van der Waals surface area contributed by atoms with Crippen LogP contribution in [0.3, 0.4) is 0 Å². The Morgan fingerprint density at radius 1 is 1.02 bits per heavy atom. The first-order chi connectivity index (χ1) is 20.1. The molecular formula is C31H22F3N5O3. The molecule has 0 saturated heterocycles. The predicted octanol–water partition coefficient (Wildman–Crippen LogP) is 7.28. The minimum absolute atomic E-state index is 0.154. The number of imidazole rings is 1. The average Bonchev–Trinajstić information content (AvgIpc) is 3.69. The summed E-state index contributed by atoms with van der Waals surface area (Å²) in [5, 5.41) is 8.76. The number of amides is 2. The van der Waals surface area contributed by atoms with Gasteiger partial charge in [0.05, 0.1) is 35.8 Å². The lowest BCUT2D eigenvalue weighted by Gasteiger charge is -2.14. The fourth-order valence-electron chi connectivity index (χ4n) is 4.60. The Morgan fingerprint density at radius 3 is 2.57 bits per heavy atom. The molecule has 6 rings (SSSR count). The largest absolute Gasteiger partial charge is 0.472 e. The van der Waals surface area contributed by atoms with E-state index in [1.807, 2.05) is 12.1 Å². The average molecular weight is 570 g/mol. The molecular weight excluding hydrogens is 547 g/mol. The number of hydrogen-bond acceptors (Lipinski definition) is 5. The Hall–Kier alpha value is -5.58. The Labute approximate surface area is 237 Å². The first-order valence-electron chi connectivity index (χ1n) is 12.7. The number of aromatic nitrogens is 2. The van der Waals surface area contributed by atoms with Crippen molar-refractivity contribution < 1.29 is 27.2 Å². The minimum Gasteiger partial charge on any atom is -0.472 e. The molecule has 8 nitrogen and oxygen atoms in total. The third-order valence-corrected chi connectivity index (χ3v) is 6.58. The number of rotatable bonds is 6. The number of alkyl halides is 3. The molecule has 0 unspecified atom stereocenters. The van der Waals surface area contributed by atoms with E-state index in [0.717, 1.165) is 23.3 Å². The van der Waals surface area contributed by atoms with Crippen molar-refractivity contribution in [3.05, 3.63) is 120 Å². The van der Waals surface area contributed by atoms with Crippen LogP contribution in [0.25, 0.3) is 17.3 Å². The minimum atomic E-state index is -4.64. The summed E-state index contributed by atoms with van der Waals surface area (Å²) in [6, 6.07) is 17.1. The SMILES string of the molecule is Cc1cn(-c2cc(C(=O)Nc3cccc(Nc4ccc5c(c4)NC(=O)/C5=C\c4ccoc4)c3)cc(C(F)(F)F)c2)cn1. The van der Waals surface area contributed by atoms with Gasteiger partial charge < -0.3 is 24.9 Å². The molecule has 11 heteroatoms. The topological polar surface area (TPSA) is 101 Å². The van der Waals surface area contributed by atoms with Crippen molar-refractivity contribution in [3.8, 4) is 5.69 Å². The number of hydrogen-bond donors (Lipinski definition) is 3. The maximum absolute atomic E-state index is 13.6. The molecule has 1 aliphatic rings. The van der Waals surface area contributed by atoms with Gasteiger partial charge in [-0.25, -0.2) is 4.98 Å². The van der Waals surface area contributed by atoms with Gasteiger partial charge in [0.1, 0.15) is 0 Å². The van der Waals surface area contributed by atoms with Crippen molar-refractivity contribution in [2.24, 2.45) is 0 Å². The van der Waals surface area contributed by atoms with Crippen molar-refractivity contribution >= 4 is 46.2 Å². The normalized spacial score (nSPS) is 13.6. The summed E-state index contributed by atoms with van der Waals surface area (Å²) >= 11 is 0. The monoisotopic (exact) mass is 569 g/mol. The van der Waals surface area contributed by atoms with E-state index in [2.05, 4.69) is 20.9 Å². The summed E-state index contributed by atoms with van der Waals surface area (Å²) in [6.07, 6.45) is 3.15. The van der Waals surface area contributed by atoms with E-state index in [-0.39, 0.29) is 17.2 Å². The van der Waals surface area contributed by atoms with Gasteiger partial charge in [-0.2, -0.15) is 13.2 Å². The van der Waals surface area contributed by atoms with Gasteiger partial charge in [0, 0.05) is 51.2 Å². The van der Waals surface area contributed by atoms with Crippen LogP contribution in [-0.4, -0.2) is 21.4 Å². The first kappa shape index (κ1) is 26.6. The van der Waals surface area contributed by atoms with E-state index in [4.69, 9.17) is 4.42 Å². The summed E-state index contributed by atoms with van der Waals surface area (Å²) < 4.78 is 47.4. The lowest BCUT2D eigenvalue weighted by Crippen LogP contribution is -2.15. The summed E-state index contributed by atoms with van der Waals surface area (Å²) in [4.78, 5) is 29.7. The van der Waals surface area contributed by atoms with Crippen LogP contribution in [0.2, 0.25) is 0 Å². The van der Waals surface area contributed by atoms with Gasteiger partial charge in [-0.3, -0.25) is 9.59 Å². The molecule has 3 aromatic carbocycles. The molecule has 2 aromatic heterocycles. The van der Waals surface area contributed by atoms with Crippen LogP contribution in [0.5, 0.6) is 0 Å². The van der Waals surface area contributed by atoms with Gasteiger partial charge in [0.2, 0.25) is 0 Å². The second-order valence-corrected chi connectivity index (χ2v) is 9.68. The highest BCUT2D eigenvalue weighted by Gasteiger charge is 2.32. The van der Waals surface area contributed by atoms with Crippen LogP contribution in [0.4, 0.5) is 35.9 Å². The van der Waals surface area contributed by atoms with Crippen LogP contribution in [0, 0.1) is 6.92 Å². The zero-order valence-corrected chi connectivity index (χ0v) is 22.0. The molecule has 1 aliphatic heterocycles. The molecule has 0 fully saturated rings. The van der Waals surface area contributed by atoms with E-state index in [0.29, 0.717) is 34.0 Å². The molecule has 210 valence electrons. The van der Waals surface area contributed by atoms with E-state index < -0.39 is 17.6 Å². The number of carbonyl (C=O) groups excluding carboxylic acids is 2. The Bertz CT molecular complexity index is 1860. The Kier molecular flexibility index (Phi) is 6.62. The summed E-state index contributed by atoms with van der Waals surface area (Å²) in [5.41, 5.74) is 4.04. The van der Waals surface area contributed by atoms with E-state index in [1.165, 1.54) is 23.2 Å². The van der Waals surface area contributed by atoms with Gasteiger partial charge in [-0.15, -0.1) is 0 Å². The highest BCUT2D eigenvalue weighted by molar-refractivity contribution is 6.35. The molecule has 0 saturated carbocycles. The van der Waals surface area contributed by atoms with Crippen molar-refractivity contribution in [1.29, 1.82) is 0 Å². The van der Waals surface area contributed by atoms with E-state index in [1.54, 1.807) is 61.9 Å². The number of aryl methyl sites for hydroxylation is 1. The summed E-state index contributed by atoms with van der Waals surface area (Å²) in [7, 11) is 0. The summed E-state index contributed by atoms with van der Waals surface area (Å²) in [5.74, 6) is -0.928. The third kappa shape index (κ3) is 5.52. The molecule has 5 aromatic rings. The highest BCUT2D eigenvalue weighted by atomic mass is 19.4. The molecule has 3 N–H and O–H groups in total. The predicted molar refractivity (Wildman–Crippen MR) is 153 cm³/mol. The molecule has 0 radical (unpaired) electrons. The van der Waals surface area contributed by atoms with Crippen LogP contribution >= 0.6 is 0 Å². The maximum atomic E-state index is 13.6. The second kappa shape index (κ2) is 10.4. The second-order valence-electron chi connectivity index (χ2n) is 9.68. The number of fused-ring (bicyclic) bond motifs is 1. The van der Waals surface area contributed by atoms with Gasteiger partial charge in [0.25, 0.3) is 11.8 Å². The summed E-state index contributed by atoms with van der Waals surface area (Å²) in [6.45, 7) is 1.72. The lowest BCUT2D eigenvalue weighted by atomic mass is 10.0. The molecule has 0 spiro atoms. The van der Waals surface area contributed by atoms with Gasteiger partial charge in [-0.1, -0.05) is 12.1 Å². The maximum Gasteiger partial charge on any atom is 0.416 e. The van der Waals surface area contributed by atoms with Crippen LogP contribution in [-0.2, 0) is 11.0 Å². The van der Waals surface area contributed by atoms with Gasteiger partial charge >= 0.3 is 6.18 Å². The van der Waals surface area contributed by atoms with Crippen molar-refractivity contribution in [2.75, 3.05) is 16.0 Å². The zero-order chi connectivity index (χ0) is 29.4. The lowest BCUT2D eigenvalue weighted by molar-refractivity contribution is -0.137. The third-order valence-electron chi connectivity index (χ3n) is 6.58.